The highest BCUT2D eigenvalue weighted by Crippen LogP contribution is 2.61. The van der Waals surface area contributed by atoms with E-state index in [1.54, 1.807) is 0 Å². The molecule has 1 aromatic carbocycles. The van der Waals surface area contributed by atoms with Gasteiger partial charge in [-0.1, -0.05) is 11.6 Å². The number of hydrogen-bond donors (Lipinski definition) is 3. The van der Waals surface area contributed by atoms with E-state index in [9.17, 15) is 9.90 Å². The molecule has 1 fully saturated rings. The van der Waals surface area contributed by atoms with Gasteiger partial charge in [-0.25, -0.2) is 9.37 Å². The maximum absolute atomic E-state index is 15.2. The maximum atomic E-state index is 15.2. The monoisotopic (exact) mass is 390 g/mol. The van der Waals surface area contributed by atoms with Gasteiger partial charge >= 0.3 is 0 Å². The Morgan fingerprint density at radius 2 is 2.22 bits per heavy atom. The fourth-order valence-electron chi connectivity index (χ4n) is 3.98. The van der Waals surface area contributed by atoms with Crippen LogP contribution in [-0.4, -0.2) is 48.1 Å². The summed E-state index contributed by atoms with van der Waals surface area (Å²) in [6, 6.07) is 3.01. The van der Waals surface area contributed by atoms with Crippen molar-refractivity contribution in [2.75, 3.05) is 38.3 Å². The zero-order valence-corrected chi connectivity index (χ0v) is 15.8. The van der Waals surface area contributed by atoms with Crippen molar-refractivity contribution in [3.63, 3.8) is 0 Å². The Balaban J connectivity index is 1.87. The number of halogens is 2. The minimum atomic E-state index is -0.716. The molecule has 0 radical (unpaired) electrons. The largest absolute Gasteiger partial charge is 0.398 e. The number of aliphatic hydroxyl groups excluding tert-OH is 1. The van der Waals surface area contributed by atoms with E-state index in [1.165, 1.54) is 37.3 Å². The molecule has 0 saturated heterocycles. The molecule has 1 aliphatic heterocycles. The molecule has 2 atom stereocenters. The Kier molecular flexibility index (Phi) is 4.05. The molecule has 4 N–H and O–H groups in total. The minimum Gasteiger partial charge on any atom is -0.398 e. The topological polar surface area (TPSA) is 91.5 Å². The molecule has 1 saturated carbocycles. The fourth-order valence-corrected chi connectivity index (χ4v) is 4.41. The van der Waals surface area contributed by atoms with Crippen LogP contribution < -0.4 is 11.1 Å². The molecule has 1 aromatic heterocycles. The van der Waals surface area contributed by atoms with Crippen molar-refractivity contribution in [3.8, 4) is 11.1 Å². The van der Waals surface area contributed by atoms with E-state index in [2.05, 4.69) is 10.3 Å². The van der Waals surface area contributed by atoms with E-state index in [-0.39, 0.29) is 34.8 Å². The van der Waals surface area contributed by atoms with Gasteiger partial charge in [0.1, 0.15) is 11.6 Å². The number of aliphatic hydroxyl groups is 1. The molecule has 8 heteroatoms. The highest BCUT2D eigenvalue weighted by molar-refractivity contribution is 6.34. The number of rotatable bonds is 3. The number of hydrogen-bond acceptors (Lipinski definition) is 5. The lowest BCUT2D eigenvalue weighted by atomic mass is 9.93. The van der Waals surface area contributed by atoms with E-state index in [4.69, 9.17) is 17.3 Å². The number of carbonyl (C=O) groups excluding carboxylic acids is 1. The maximum Gasteiger partial charge on any atom is 0.258 e. The molecule has 27 heavy (non-hydrogen) atoms. The van der Waals surface area contributed by atoms with Crippen molar-refractivity contribution in [2.45, 2.75) is 11.8 Å². The van der Waals surface area contributed by atoms with Crippen LogP contribution in [0.15, 0.2) is 18.3 Å². The summed E-state index contributed by atoms with van der Waals surface area (Å²) >= 11 is 6.69. The van der Waals surface area contributed by atoms with Gasteiger partial charge < -0.3 is 21.1 Å². The molecular weight excluding hydrogens is 371 g/mol. The SMILES string of the molecule is CN(C)C(=O)c1c(N)ccc(-c2cnc3c(c2Cl)[C@@]2(CN3)C[C@H]2CO)c1F. The molecule has 0 bridgehead atoms. The lowest BCUT2D eigenvalue weighted by molar-refractivity contribution is 0.0824. The summed E-state index contributed by atoms with van der Waals surface area (Å²) in [7, 11) is 3.07. The van der Waals surface area contributed by atoms with Gasteiger partial charge in [-0.15, -0.1) is 0 Å². The summed E-state index contributed by atoms with van der Waals surface area (Å²) in [5.74, 6) is -0.451. The van der Waals surface area contributed by atoms with Gasteiger partial charge in [-0.3, -0.25) is 4.79 Å². The normalized spacial score (nSPS) is 22.5. The van der Waals surface area contributed by atoms with Gasteiger partial charge in [0.2, 0.25) is 0 Å². The number of fused-ring (bicyclic) bond motifs is 2. The standard InChI is InChI=1S/C19H20ClFN4O2/c1-25(2)18(27)13-12(22)4-3-10(16(13)21)11-6-23-17-14(15(11)20)19(8-24-17)5-9(19)7-26/h3-4,6,9,26H,5,7-8,22H2,1-2H3,(H,23,24)/t9-,19+/m0/s1. The van der Waals surface area contributed by atoms with Gasteiger partial charge in [-0.2, -0.15) is 0 Å². The summed E-state index contributed by atoms with van der Waals surface area (Å²) in [6.45, 7) is 0.720. The van der Waals surface area contributed by atoms with Crippen LogP contribution in [-0.2, 0) is 5.41 Å². The predicted octanol–water partition coefficient (Wildman–Crippen LogP) is 2.50. The van der Waals surface area contributed by atoms with E-state index >= 15 is 4.39 Å². The molecule has 2 aliphatic rings. The zero-order chi connectivity index (χ0) is 19.5. The Hall–Kier alpha value is -2.38. The third-order valence-corrected chi connectivity index (χ3v) is 6.01. The zero-order valence-electron chi connectivity index (χ0n) is 15.0. The first-order valence-corrected chi connectivity index (χ1v) is 9.03. The number of nitrogens with two attached hydrogens (primary N) is 1. The van der Waals surface area contributed by atoms with Crippen LogP contribution in [0.5, 0.6) is 0 Å². The Bertz CT molecular complexity index is 965. The molecule has 1 aliphatic carbocycles. The number of nitrogens with zero attached hydrogens (tertiary/aromatic N) is 2. The van der Waals surface area contributed by atoms with Gasteiger partial charge in [0.25, 0.3) is 5.91 Å². The van der Waals surface area contributed by atoms with Crippen LogP contribution in [0.1, 0.15) is 22.3 Å². The van der Waals surface area contributed by atoms with Gasteiger partial charge in [0.15, 0.2) is 0 Å². The molecule has 0 unspecified atom stereocenters. The number of amides is 1. The molecule has 142 valence electrons. The van der Waals surface area contributed by atoms with Gasteiger partial charge in [-0.05, 0) is 24.5 Å². The molecule has 6 nitrogen and oxygen atoms in total. The summed E-state index contributed by atoms with van der Waals surface area (Å²) < 4.78 is 15.2. The first kappa shape index (κ1) is 18.0. The Labute approximate surface area is 161 Å². The lowest BCUT2D eigenvalue weighted by Gasteiger charge is -2.17. The van der Waals surface area contributed by atoms with Crippen molar-refractivity contribution < 1.29 is 14.3 Å². The summed E-state index contributed by atoms with van der Waals surface area (Å²) in [4.78, 5) is 18.0. The number of benzene rings is 1. The van der Waals surface area contributed by atoms with Crippen molar-refractivity contribution in [1.29, 1.82) is 0 Å². The third kappa shape index (κ3) is 2.49. The summed E-state index contributed by atoms with van der Waals surface area (Å²) in [5, 5.41) is 13.2. The van der Waals surface area contributed by atoms with Crippen LogP contribution in [0.2, 0.25) is 5.02 Å². The predicted molar refractivity (Wildman–Crippen MR) is 102 cm³/mol. The number of carbonyl (C=O) groups is 1. The molecule has 1 spiro atoms. The minimum absolute atomic E-state index is 0.0688. The van der Waals surface area contributed by atoms with Crippen molar-refractivity contribution in [3.05, 3.63) is 40.3 Å². The molecule has 4 rings (SSSR count). The van der Waals surface area contributed by atoms with Crippen LogP contribution in [0.4, 0.5) is 15.9 Å². The highest BCUT2D eigenvalue weighted by atomic mass is 35.5. The average molecular weight is 391 g/mol. The first-order valence-electron chi connectivity index (χ1n) is 8.65. The lowest BCUT2D eigenvalue weighted by Crippen LogP contribution is -2.24. The second-order valence-electron chi connectivity index (χ2n) is 7.39. The van der Waals surface area contributed by atoms with Crippen molar-refractivity contribution in [1.82, 2.24) is 9.88 Å². The molecule has 2 aromatic rings. The second-order valence-corrected chi connectivity index (χ2v) is 7.77. The van der Waals surface area contributed by atoms with Crippen LogP contribution in [0.3, 0.4) is 0 Å². The van der Waals surface area contributed by atoms with Crippen molar-refractivity contribution in [2.24, 2.45) is 5.92 Å². The van der Waals surface area contributed by atoms with E-state index in [0.29, 0.717) is 22.9 Å². The molecule has 1 amide bonds. The summed E-state index contributed by atoms with van der Waals surface area (Å²) in [6.07, 6.45) is 2.31. The number of nitrogen functional groups attached to an aromatic ring is 1. The van der Waals surface area contributed by atoms with Gasteiger partial charge in [0, 0.05) is 61.2 Å². The Morgan fingerprint density at radius 1 is 1.48 bits per heavy atom. The quantitative estimate of drug-likeness (QED) is 0.700. The number of anilines is 2. The summed E-state index contributed by atoms with van der Waals surface area (Å²) in [5.41, 5.74) is 6.89. The number of aromatic nitrogens is 1. The Morgan fingerprint density at radius 3 is 2.85 bits per heavy atom. The van der Waals surface area contributed by atoms with Crippen LogP contribution >= 0.6 is 11.6 Å². The van der Waals surface area contributed by atoms with Crippen molar-refractivity contribution >= 4 is 29.0 Å². The van der Waals surface area contributed by atoms with Crippen LogP contribution in [0.25, 0.3) is 11.1 Å². The third-order valence-electron chi connectivity index (χ3n) is 5.62. The number of pyridine rings is 1. The first-order chi connectivity index (χ1) is 12.8. The van der Waals surface area contributed by atoms with E-state index in [0.717, 1.165) is 12.0 Å². The molecule has 2 heterocycles. The number of nitrogens with one attached hydrogen (secondary N) is 1. The average Bonchev–Trinajstić information content (AvgIpc) is 3.21. The molecular formula is C19H20ClFN4O2. The smallest absolute Gasteiger partial charge is 0.258 e. The highest BCUT2D eigenvalue weighted by Gasteiger charge is 2.59. The fraction of sp³-hybridized carbons (Fsp3) is 0.368. The second kappa shape index (κ2) is 6.07. The van der Waals surface area contributed by atoms with E-state index in [1.807, 2.05) is 0 Å². The van der Waals surface area contributed by atoms with Gasteiger partial charge in [0.05, 0.1) is 10.6 Å². The van der Waals surface area contributed by atoms with E-state index < -0.39 is 11.7 Å². The van der Waals surface area contributed by atoms with Crippen LogP contribution in [0, 0.1) is 11.7 Å².